The summed E-state index contributed by atoms with van der Waals surface area (Å²) in [7, 11) is -3.06. The molecule has 6 nitrogen and oxygen atoms in total. The van der Waals surface area contributed by atoms with Crippen LogP contribution in [0.25, 0.3) is 0 Å². The number of nitrogens with zero attached hydrogens (tertiary/aromatic N) is 3. The number of nitrogens with one attached hydrogen (secondary N) is 1. The highest BCUT2D eigenvalue weighted by Gasteiger charge is 2.40. The maximum Gasteiger partial charge on any atom is 0.194 e. The van der Waals surface area contributed by atoms with Gasteiger partial charge in [-0.1, -0.05) is 24.3 Å². The molecule has 0 saturated carbocycles. The zero-order valence-corrected chi connectivity index (χ0v) is 17.3. The molecule has 27 heavy (non-hydrogen) atoms. The van der Waals surface area contributed by atoms with Crippen molar-refractivity contribution >= 4 is 21.5 Å². The van der Waals surface area contributed by atoms with Gasteiger partial charge in [0.15, 0.2) is 15.8 Å². The summed E-state index contributed by atoms with van der Waals surface area (Å²) in [6.07, 6.45) is 4.36. The van der Waals surface area contributed by atoms with Crippen LogP contribution in [0.15, 0.2) is 41.4 Å². The van der Waals surface area contributed by atoms with Gasteiger partial charge in [0.2, 0.25) is 0 Å². The maximum atomic E-state index is 12.3. The lowest BCUT2D eigenvalue weighted by Gasteiger charge is -2.39. The van der Waals surface area contributed by atoms with Gasteiger partial charge in [-0.2, -0.15) is 0 Å². The number of guanidine groups is 1. The van der Waals surface area contributed by atoms with E-state index in [0.29, 0.717) is 19.6 Å². The molecule has 7 heteroatoms. The quantitative estimate of drug-likeness (QED) is 0.484. The van der Waals surface area contributed by atoms with E-state index in [9.17, 15) is 8.42 Å². The molecule has 0 atom stereocenters. The van der Waals surface area contributed by atoms with Gasteiger partial charge in [-0.05, 0) is 38.5 Å². The van der Waals surface area contributed by atoms with E-state index in [0.717, 1.165) is 31.2 Å². The Morgan fingerprint density at radius 1 is 1.19 bits per heavy atom. The lowest BCUT2D eigenvalue weighted by atomic mass is 10.2. The first kappa shape index (κ1) is 19.7. The van der Waals surface area contributed by atoms with Gasteiger partial charge in [0, 0.05) is 38.4 Å². The van der Waals surface area contributed by atoms with E-state index < -0.39 is 14.6 Å². The number of hydrogen-bond acceptors (Lipinski definition) is 4. The van der Waals surface area contributed by atoms with Crippen molar-refractivity contribution in [2.24, 2.45) is 4.99 Å². The third-order valence-corrected chi connectivity index (χ3v) is 7.74. The van der Waals surface area contributed by atoms with E-state index >= 15 is 0 Å². The summed E-state index contributed by atoms with van der Waals surface area (Å²) in [5.41, 5.74) is 2.37. The first-order valence-electron chi connectivity index (χ1n) is 9.57. The Morgan fingerprint density at radius 2 is 1.85 bits per heavy atom. The van der Waals surface area contributed by atoms with Gasteiger partial charge in [0.05, 0.1) is 17.0 Å². The summed E-state index contributed by atoms with van der Waals surface area (Å²) in [6, 6.07) is 8.51. The second kappa shape index (κ2) is 7.92. The van der Waals surface area contributed by atoms with E-state index in [-0.39, 0.29) is 5.75 Å². The molecule has 148 valence electrons. The van der Waals surface area contributed by atoms with Gasteiger partial charge < -0.3 is 15.1 Å². The molecule has 2 heterocycles. The summed E-state index contributed by atoms with van der Waals surface area (Å²) in [5.74, 6) is 0.955. The topological polar surface area (TPSA) is 65.0 Å². The highest BCUT2D eigenvalue weighted by molar-refractivity contribution is 7.92. The van der Waals surface area contributed by atoms with Crippen molar-refractivity contribution in [3.05, 3.63) is 42.0 Å². The van der Waals surface area contributed by atoms with Gasteiger partial charge >= 0.3 is 0 Å². The van der Waals surface area contributed by atoms with E-state index in [4.69, 9.17) is 4.99 Å². The molecular formula is C20H30N4O2S. The lowest BCUT2D eigenvalue weighted by Crippen LogP contribution is -2.57. The van der Waals surface area contributed by atoms with Gasteiger partial charge in [-0.3, -0.25) is 0 Å². The third-order valence-electron chi connectivity index (χ3n) is 5.21. The van der Waals surface area contributed by atoms with Crippen molar-refractivity contribution in [2.45, 2.75) is 32.1 Å². The monoisotopic (exact) mass is 390 g/mol. The average molecular weight is 391 g/mol. The molecule has 0 spiro atoms. The number of rotatable bonds is 4. The highest BCUT2D eigenvalue weighted by Crippen LogP contribution is 2.24. The molecule has 0 bridgehead atoms. The Hall–Kier alpha value is -2.02. The molecule has 0 radical (unpaired) electrons. The first-order valence-corrected chi connectivity index (χ1v) is 11.2. The summed E-state index contributed by atoms with van der Waals surface area (Å²) in [5, 5.41) is 3.31. The lowest BCUT2D eigenvalue weighted by molar-refractivity contribution is 0.353. The third kappa shape index (κ3) is 4.46. The molecule has 1 N–H and O–H groups in total. The predicted octanol–water partition coefficient (Wildman–Crippen LogP) is 2.04. The molecule has 1 aromatic rings. The van der Waals surface area contributed by atoms with Gasteiger partial charge in [0.1, 0.15) is 0 Å². The highest BCUT2D eigenvalue weighted by atomic mass is 32.2. The van der Waals surface area contributed by atoms with Gasteiger partial charge in [0.25, 0.3) is 0 Å². The maximum absolute atomic E-state index is 12.3. The number of anilines is 1. The van der Waals surface area contributed by atoms with Crippen LogP contribution in [0.3, 0.4) is 0 Å². The minimum atomic E-state index is -3.06. The van der Waals surface area contributed by atoms with Crippen LogP contribution in [0.2, 0.25) is 0 Å². The van der Waals surface area contributed by atoms with E-state index in [1.807, 2.05) is 6.92 Å². The fraction of sp³-hybridized carbons (Fsp3) is 0.550. The molecule has 1 fully saturated rings. The van der Waals surface area contributed by atoms with Crippen LogP contribution < -0.4 is 10.2 Å². The predicted molar refractivity (Wildman–Crippen MR) is 112 cm³/mol. The first-order chi connectivity index (χ1) is 12.8. The molecule has 2 aliphatic rings. The molecule has 0 amide bonds. The largest absolute Gasteiger partial charge is 0.364 e. The summed E-state index contributed by atoms with van der Waals surface area (Å²) < 4.78 is 23.8. The molecule has 0 unspecified atom stereocenters. The summed E-state index contributed by atoms with van der Waals surface area (Å²) >= 11 is 0. The van der Waals surface area contributed by atoms with Crippen LogP contribution in [0.5, 0.6) is 0 Å². The average Bonchev–Trinajstić information content (AvgIpc) is 3.16. The smallest absolute Gasteiger partial charge is 0.194 e. The summed E-state index contributed by atoms with van der Waals surface area (Å²) in [6.45, 7) is 9.83. The van der Waals surface area contributed by atoms with Crippen LogP contribution >= 0.6 is 0 Å². The Morgan fingerprint density at radius 3 is 2.44 bits per heavy atom. The van der Waals surface area contributed by atoms with E-state index in [1.54, 1.807) is 13.8 Å². The van der Waals surface area contributed by atoms with Crippen molar-refractivity contribution in [3.8, 4) is 0 Å². The minimum Gasteiger partial charge on any atom is -0.364 e. The molecule has 2 aliphatic heterocycles. The normalized spacial score (nSPS) is 21.5. The zero-order valence-electron chi connectivity index (χ0n) is 16.5. The van der Waals surface area contributed by atoms with E-state index in [1.165, 1.54) is 5.69 Å². The zero-order chi connectivity index (χ0) is 19.5. The molecule has 3 rings (SSSR count). The van der Waals surface area contributed by atoms with Crippen molar-refractivity contribution in [1.29, 1.82) is 0 Å². The number of sulfone groups is 1. The molecular weight excluding hydrogens is 360 g/mol. The molecule has 0 aromatic heterocycles. The van der Waals surface area contributed by atoms with Crippen LogP contribution in [0.1, 0.15) is 26.3 Å². The fourth-order valence-corrected chi connectivity index (χ4v) is 4.78. The fourth-order valence-electron chi connectivity index (χ4n) is 3.42. The van der Waals surface area contributed by atoms with Crippen LogP contribution in [0, 0.1) is 0 Å². The van der Waals surface area contributed by atoms with Crippen molar-refractivity contribution in [1.82, 2.24) is 10.2 Å². The molecule has 1 saturated heterocycles. The second-order valence-electron chi connectivity index (χ2n) is 7.71. The van der Waals surface area contributed by atoms with Crippen LogP contribution in [-0.4, -0.2) is 62.5 Å². The molecule has 0 aliphatic carbocycles. The Labute approximate surface area is 162 Å². The number of hydrogen-bond donors (Lipinski definition) is 1. The second-order valence-corrected chi connectivity index (χ2v) is 10.5. The minimum absolute atomic E-state index is 0.170. The summed E-state index contributed by atoms with van der Waals surface area (Å²) in [4.78, 5) is 9.14. The van der Waals surface area contributed by atoms with Gasteiger partial charge in [-0.25, -0.2) is 13.4 Å². The van der Waals surface area contributed by atoms with Crippen molar-refractivity contribution in [3.63, 3.8) is 0 Å². The van der Waals surface area contributed by atoms with Gasteiger partial charge in [-0.15, -0.1) is 0 Å². The van der Waals surface area contributed by atoms with Crippen molar-refractivity contribution in [2.75, 3.05) is 43.4 Å². The standard InChI is InChI=1S/C20H30N4O2S/c1-4-21-19(24-13-14-27(25,26)20(2,3)16-24)22-15-17-7-9-18(10-8-17)23-11-5-6-12-23/h5-10H,4,11-16H2,1-3H3,(H,21,22). The number of benzene rings is 1. The van der Waals surface area contributed by atoms with Crippen molar-refractivity contribution < 1.29 is 8.42 Å². The van der Waals surface area contributed by atoms with Crippen LogP contribution in [0.4, 0.5) is 5.69 Å². The Kier molecular flexibility index (Phi) is 5.79. The van der Waals surface area contributed by atoms with Crippen LogP contribution in [-0.2, 0) is 16.4 Å². The Balaban J connectivity index is 1.69. The Bertz CT molecular complexity index is 805. The SMILES string of the molecule is CCNC(=NCc1ccc(N2CC=CC2)cc1)N1CCS(=O)(=O)C(C)(C)C1. The molecule has 1 aromatic carbocycles. The van der Waals surface area contributed by atoms with E-state index in [2.05, 4.69) is 51.5 Å². The number of aliphatic imine (C=N–C) groups is 1.